The van der Waals surface area contributed by atoms with Gasteiger partial charge in [-0.05, 0) is 24.6 Å². The van der Waals surface area contributed by atoms with Crippen LogP contribution >= 0.6 is 0 Å². The van der Waals surface area contributed by atoms with E-state index in [0.29, 0.717) is 13.1 Å². The largest absolute Gasteiger partial charge is 0.508 e. The fourth-order valence-corrected chi connectivity index (χ4v) is 3.08. The molecule has 0 unspecified atom stereocenters. The molecule has 0 aromatic heterocycles. The van der Waals surface area contributed by atoms with Gasteiger partial charge in [0.15, 0.2) is 0 Å². The van der Waals surface area contributed by atoms with Gasteiger partial charge in [0, 0.05) is 13.1 Å². The molecule has 0 spiro atoms. The monoisotopic (exact) mass is 239 g/mol. The molecule has 86 valence electrons. The van der Waals surface area contributed by atoms with Crippen molar-refractivity contribution in [3.63, 3.8) is 0 Å². The lowest BCUT2D eigenvalue weighted by Crippen LogP contribution is -2.33. The van der Waals surface area contributed by atoms with Crippen LogP contribution in [-0.4, -0.2) is 30.9 Å². The fraction of sp³-hybridized carbons (Fsp3) is 0.273. The van der Waals surface area contributed by atoms with E-state index in [1.807, 2.05) is 12.2 Å². The summed E-state index contributed by atoms with van der Waals surface area (Å²) in [6.07, 6.45) is 4.54. The van der Waals surface area contributed by atoms with Crippen molar-refractivity contribution in [2.45, 2.75) is 11.3 Å². The minimum atomic E-state index is -3.46. The van der Waals surface area contributed by atoms with Crippen molar-refractivity contribution in [2.24, 2.45) is 0 Å². The Bertz CT molecular complexity index is 508. The maximum Gasteiger partial charge on any atom is 0.243 e. The predicted molar refractivity (Wildman–Crippen MR) is 60.6 cm³/mol. The van der Waals surface area contributed by atoms with Gasteiger partial charge in [0.2, 0.25) is 10.0 Å². The zero-order valence-electron chi connectivity index (χ0n) is 8.70. The predicted octanol–water partition coefficient (Wildman–Crippen LogP) is 1.34. The zero-order chi connectivity index (χ0) is 11.6. The molecule has 0 amide bonds. The van der Waals surface area contributed by atoms with Gasteiger partial charge < -0.3 is 5.11 Å². The van der Waals surface area contributed by atoms with E-state index in [1.165, 1.54) is 28.6 Å². The Kier molecular flexibility index (Phi) is 2.98. The molecule has 1 aliphatic rings. The van der Waals surface area contributed by atoms with E-state index < -0.39 is 10.0 Å². The lowest BCUT2D eigenvalue weighted by molar-refractivity contribution is 0.435. The first-order chi connectivity index (χ1) is 7.60. The summed E-state index contributed by atoms with van der Waals surface area (Å²) in [5.41, 5.74) is 0. The molecule has 1 aliphatic heterocycles. The number of phenols is 1. The van der Waals surface area contributed by atoms with Gasteiger partial charge in [-0.1, -0.05) is 18.2 Å². The number of aromatic hydroxyl groups is 1. The maximum absolute atomic E-state index is 12.1. The summed E-state index contributed by atoms with van der Waals surface area (Å²) in [5.74, 6) is -0.0337. The van der Waals surface area contributed by atoms with E-state index in [0.717, 1.165) is 6.42 Å². The molecule has 16 heavy (non-hydrogen) atoms. The fourth-order valence-electron chi connectivity index (χ4n) is 1.63. The number of phenolic OH excluding ortho intramolecular Hbond substituents is 1. The van der Waals surface area contributed by atoms with Crippen LogP contribution in [0.5, 0.6) is 5.75 Å². The summed E-state index contributed by atoms with van der Waals surface area (Å²) in [4.78, 5) is 0.141. The van der Waals surface area contributed by atoms with Crippen LogP contribution in [0.15, 0.2) is 41.3 Å². The van der Waals surface area contributed by atoms with Gasteiger partial charge in [-0.15, -0.1) is 0 Å². The molecule has 1 N–H and O–H groups in total. The first kappa shape index (κ1) is 11.2. The van der Waals surface area contributed by atoms with Gasteiger partial charge in [-0.2, -0.15) is 4.31 Å². The molecule has 0 saturated carbocycles. The molecule has 4 nitrogen and oxygen atoms in total. The highest BCUT2D eigenvalue weighted by Crippen LogP contribution is 2.21. The van der Waals surface area contributed by atoms with Crippen LogP contribution in [0, 0.1) is 0 Å². The number of nitrogens with zero attached hydrogens (tertiary/aromatic N) is 1. The third-order valence-corrected chi connectivity index (χ3v) is 4.34. The lowest BCUT2D eigenvalue weighted by atomic mass is 10.3. The highest BCUT2D eigenvalue weighted by molar-refractivity contribution is 7.89. The smallest absolute Gasteiger partial charge is 0.243 e. The molecule has 2 rings (SSSR count). The Balaban J connectivity index is 2.35. The third kappa shape index (κ3) is 2.10. The summed E-state index contributed by atoms with van der Waals surface area (Å²) < 4.78 is 25.6. The van der Waals surface area contributed by atoms with Crippen LogP contribution in [-0.2, 0) is 10.0 Å². The highest BCUT2D eigenvalue weighted by Gasteiger charge is 2.24. The summed E-state index contributed by atoms with van der Waals surface area (Å²) in [6.45, 7) is 0.895. The molecular weight excluding hydrogens is 226 g/mol. The van der Waals surface area contributed by atoms with Crippen LogP contribution in [0.25, 0.3) is 0 Å². The Morgan fingerprint density at radius 2 is 2.06 bits per heavy atom. The molecular formula is C11H13NO3S. The number of hydrogen-bond acceptors (Lipinski definition) is 3. The van der Waals surface area contributed by atoms with Crippen molar-refractivity contribution in [3.8, 4) is 5.75 Å². The number of sulfonamides is 1. The van der Waals surface area contributed by atoms with Gasteiger partial charge in [0.25, 0.3) is 0 Å². The van der Waals surface area contributed by atoms with Crippen LogP contribution in [0.3, 0.4) is 0 Å². The molecule has 0 aliphatic carbocycles. The minimum Gasteiger partial charge on any atom is -0.508 e. The Hall–Kier alpha value is -1.33. The van der Waals surface area contributed by atoms with Crippen molar-refractivity contribution in [1.82, 2.24) is 4.31 Å². The standard InChI is InChI=1S/C11H13NO3S/c13-10-5-4-6-11(9-10)16(14,15)12-7-2-1-3-8-12/h1-2,4-6,9,13H,3,7-8H2. The van der Waals surface area contributed by atoms with E-state index >= 15 is 0 Å². The van der Waals surface area contributed by atoms with Crippen LogP contribution in [0.4, 0.5) is 0 Å². The van der Waals surface area contributed by atoms with Crippen molar-refractivity contribution in [2.75, 3.05) is 13.1 Å². The van der Waals surface area contributed by atoms with E-state index in [-0.39, 0.29) is 10.6 Å². The molecule has 0 bridgehead atoms. The normalized spacial score (nSPS) is 17.5. The SMILES string of the molecule is O=S(=O)(c1cccc(O)c1)N1CC=CCC1. The van der Waals surface area contributed by atoms with Gasteiger partial charge in [-0.3, -0.25) is 0 Å². The summed E-state index contributed by atoms with van der Waals surface area (Å²) in [7, 11) is -3.46. The molecule has 1 aromatic rings. The molecule has 1 aromatic carbocycles. The molecule has 1 heterocycles. The van der Waals surface area contributed by atoms with Crippen molar-refractivity contribution >= 4 is 10.0 Å². The van der Waals surface area contributed by atoms with Crippen LogP contribution in [0.1, 0.15) is 6.42 Å². The minimum absolute atomic E-state index is 0.0337. The topological polar surface area (TPSA) is 57.6 Å². The summed E-state index contributed by atoms with van der Waals surface area (Å²) >= 11 is 0. The van der Waals surface area contributed by atoms with E-state index in [2.05, 4.69) is 0 Å². The first-order valence-corrected chi connectivity index (χ1v) is 6.49. The molecule has 0 radical (unpaired) electrons. The maximum atomic E-state index is 12.1. The highest BCUT2D eigenvalue weighted by atomic mass is 32.2. The molecule has 0 atom stereocenters. The van der Waals surface area contributed by atoms with Crippen LogP contribution < -0.4 is 0 Å². The van der Waals surface area contributed by atoms with Gasteiger partial charge in [0.05, 0.1) is 4.90 Å². The average Bonchev–Trinajstić information content (AvgIpc) is 2.30. The summed E-state index contributed by atoms with van der Waals surface area (Å²) in [6, 6.07) is 5.75. The second-order valence-corrected chi connectivity index (χ2v) is 5.56. The quantitative estimate of drug-likeness (QED) is 0.792. The Labute approximate surface area is 94.9 Å². The molecule has 0 fully saturated rings. The van der Waals surface area contributed by atoms with E-state index in [4.69, 9.17) is 0 Å². The van der Waals surface area contributed by atoms with Crippen molar-refractivity contribution < 1.29 is 13.5 Å². The van der Waals surface area contributed by atoms with Crippen LogP contribution in [0.2, 0.25) is 0 Å². The number of benzene rings is 1. The van der Waals surface area contributed by atoms with Gasteiger partial charge in [-0.25, -0.2) is 8.42 Å². The second kappa shape index (κ2) is 4.27. The van der Waals surface area contributed by atoms with Crippen molar-refractivity contribution in [1.29, 1.82) is 0 Å². The molecule has 5 heteroatoms. The number of hydrogen-bond donors (Lipinski definition) is 1. The van der Waals surface area contributed by atoms with E-state index in [9.17, 15) is 13.5 Å². The van der Waals surface area contributed by atoms with Gasteiger partial charge in [0.1, 0.15) is 5.75 Å². The lowest BCUT2D eigenvalue weighted by Gasteiger charge is -2.22. The van der Waals surface area contributed by atoms with Gasteiger partial charge >= 0.3 is 0 Å². The van der Waals surface area contributed by atoms with E-state index in [1.54, 1.807) is 0 Å². The number of rotatable bonds is 2. The van der Waals surface area contributed by atoms with Crippen molar-refractivity contribution in [3.05, 3.63) is 36.4 Å². The summed E-state index contributed by atoms with van der Waals surface area (Å²) in [5, 5.41) is 9.28. The molecule has 0 saturated heterocycles. The average molecular weight is 239 g/mol. The third-order valence-electron chi connectivity index (χ3n) is 2.48. The zero-order valence-corrected chi connectivity index (χ0v) is 9.52. The first-order valence-electron chi connectivity index (χ1n) is 5.05. The Morgan fingerprint density at radius 3 is 2.69 bits per heavy atom. The second-order valence-electron chi connectivity index (χ2n) is 3.62. The Morgan fingerprint density at radius 1 is 1.25 bits per heavy atom.